The topological polar surface area (TPSA) is 25.8 Å². The Morgan fingerprint density at radius 3 is 2.40 bits per heavy atom. The van der Waals surface area contributed by atoms with Gasteiger partial charge in [0.1, 0.15) is 0 Å². The van der Waals surface area contributed by atoms with Gasteiger partial charge in [0.25, 0.3) is 0 Å². The van der Waals surface area contributed by atoms with Crippen molar-refractivity contribution in [1.29, 1.82) is 0 Å². The van der Waals surface area contributed by atoms with Gasteiger partial charge < -0.3 is 4.98 Å². The van der Waals surface area contributed by atoms with Crippen molar-refractivity contribution in [3.8, 4) is 33.6 Å². The Bertz CT molecular complexity index is 2420. The van der Waals surface area contributed by atoms with Crippen LogP contribution < -0.4 is 4.40 Å². The molecule has 3 heterocycles. The van der Waals surface area contributed by atoms with Gasteiger partial charge >= 0.3 is 117 Å². The van der Waals surface area contributed by atoms with Gasteiger partial charge in [0.15, 0.2) is 0 Å². The molecule has 0 atom stereocenters. The van der Waals surface area contributed by atoms with Gasteiger partial charge in [-0.1, -0.05) is 85.2 Å². The number of rotatable bonds is 6. The molecule has 255 valence electrons. The summed E-state index contributed by atoms with van der Waals surface area (Å²) in [7, 11) is 0. The fourth-order valence-electron chi connectivity index (χ4n) is 6.78. The van der Waals surface area contributed by atoms with E-state index >= 15 is 0 Å². The molecule has 1 fully saturated rings. The van der Waals surface area contributed by atoms with Crippen LogP contribution in [0.2, 0.25) is 17.3 Å². The number of fused-ring (bicyclic) bond motifs is 3. The van der Waals surface area contributed by atoms with Gasteiger partial charge in [-0.25, -0.2) is 0 Å². The molecule has 1 saturated carbocycles. The normalized spacial score (nSPS) is 15.2. The van der Waals surface area contributed by atoms with Crippen LogP contribution in [0, 0.1) is 31.8 Å². The molecule has 7 aromatic rings. The van der Waals surface area contributed by atoms with Crippen LogP contribution in [0.15, 0.2) is 109 Å². The summed E-state index contributed by atoms with van der Waals surface area (Å²) in [4.78, 5) is 9.19. The van der Waals surface area contributed by atoms with E-state index in [0.29, 0.717) is 5.56 Å². The number of pyridine rings is 2. The molecule has 0 unspecified atom stereocenters. The van der Waals surface area contributed by atoms with Crippen molar-refractivity contribution < 1.29 is 27.0 Å². The molecule has 0 spiro atoms. The van der Waals surface area contributed by atoms with Crippen molar-refractivity contribution in [3.05, 3.63) is 138 Å². The molecular weight excluding hydrogens is 865 g/mol. The summed E-state index contributed by atoms with van der Waals surface area (Å²) in [5.74, 6) is 7.14. The monoisotopic (exact) mass is 916 g/mol. The molecule has 5 heteroatoms. The van der Waals surface area contributed by atoms with Gasteiger partial charge in [-0.2, -0.15) is 11.3 Å². The Morgan fingerprint density at radius 1 is 0.860 bits per heavy atom. The van der Waals surface area contributed by atoms with Crippen molar-refractivity contribution in [2.45, 2.75) is 63.1 Å². The molecule has 1 aliphatic rings. The summed E-state index contributed by atoms with van der Waals surface area (Å²) in [5.41, 5.74) is 8.17. The molecule has 1 radical (unpaired) electrons. The second-order valence-corrected chi connectivity index (χ2v) is 25.6. The number of benzene rings is 4. The fraction of sp³-hybridized carbons (Fsp3) is 0.244. The first kappa shape index (κ1) is 30.2. The number of aryl methyl sites for hydroxylation is 2. The SMILES string of the molecule is [2H]C([2H])([2H])c1c[c-]c(-c2cc(C)[c]([Ge]([CH3])([CH3])[CH3])cn2)cc1.[2H]C([2H])(c1ccnc(-c2[c-]ccc3c2sc2cc(-c4ccccc4)ccc23)c1)C1CCCC1.[Ir]. The summed E-state index contributed by atoms with van der Waals surface area (Å²) >= 11 is -0.122. The number of nitrogens with zero attached hydrogens (tertiary/aromatic N) is 2. The summed E-state index contributed by atoms with van der Waals surface area (Å²) < 4.78 is 43.6. The zero-order valence-corrected chi connectivity index (χ0v) is 34.2. The summed E-state index contributed by atoms with van der Waals surface area (Å²) in [6.45, 7) is 0.0375. The minimum atomic E-state index is -2.08. The quantitative estimate of drug-likeness (QED) is 0.123. The summed E-state index contributed by atoms with van der Waals surface area (Å²) in [6, 6.07) is 38.5. The van der Waals surface area contributed by atoms with E-state index in [1.165, 1.54) is 42.6 Å². The van der Waals surface area contributed by atoms with Crippen LogP contribution in [0.4, 0.5) is 0 Å². The summed E-state index contributed by atoms with van der Waals surface area (Å²) in [6.07, 6.45) is 6.59. The van der Waals surface area contributed by atoms with Crippen LogP contribution in [0.5, 0.6) is 0 Å². The van der Waals surface area contributed by atoms with Gasteiger partial charge in [0, 0.05) is 33.7 Å². The maximum absolute atomic E-state index is 8.81. The Hall–Kier alpha value is -3.41. The maximum atomic E-state index is 8.81. The molecule has 0 bridgehead atoms. The van der Waals surface area contributed by atoms with Crippen LogP contribution >= 0.6 is 11.3 Å². The average molecular weight is 915 g/mol. The van der Waals surface area contributed by atoms with E-state index in [0.717, 1.165) is 58.5 Å². The van der Waals surface area contributed by atoms with E-state index in [9.17, 15) is 0 Å². The Kier molecular flexibility index (Phi) is 9.60. The van der Waals surface area contributed by atoms with E-state index in [2.05, 4.69) is 101 Å². The van der Waals surface area contributed by atoms with Crippen LogP contribution in [0.3, 0.4) is 0 Å². The van der Waals surface area contributed by atoms with Gasteiger partial charge in [0.2, 0.25) is 0 Å². The minimum Gasteiger partial charge on any atom is -0.305 e. The predicted octanol–water partition coefficient (Wildman–Crippen LogP) is 12.0. The predicted molar refractivity (Wildman–Crippen MR) is 213 cm³/mol. The zero-order valence-electron chi connectivity index (χ0n) is 33.9. The van der Waals surface area contributed by atoms with Crippen LogP contribution in [-0.4, -0.2) is 23.2 Å². The van der Waals surface area contributed by atoms with Crippen LogP contribution in [0.25, 0.3) is 53.8 Å². The first-order valence-electron chi connectivity index (χ1n) is 19.6. The Balaban J connectivity index is 0.000000204. The van der Waals surface area contributed by atoms with Crippen molar-refractivity contribution in [2.24, 2.45) is 5.92 Å². The van der Waals surface area contributed by atoms with Gasteiger partial charge in [-0.05, 0) is 51.3 Å². The largest absolute Gasteiger partial charge is 0.305 e. The number of thiophene rings is 1. The van der Waals surface area contributed by atoms with Crippen molar-refractivity contribution in [1.82, 2.24) is 9.97 Å². The second kappa shape index (κ2) is 15.9. The third kappa shape index (κ3) is 8.21. The van der Waals surface area contributed by atoms with E-state index in [-0.39, 0.29) is 26.0 Å². The maximum Gasteiger partial charge on any atom is 0.0319 e. The molecule has 4 aromatic carbocycles. The van der Waals surface area contributed by atoms with Crippen LogP contribution in [-0.2, 0) is 26.5 Å². The molecule has 0 amide bonds. The smallest absolute Gasteiger partial charge is 0.0319 e. The van der Waals surface area contributed by atoms with Crippen molar-refractivity contribution in [2.75, 3.05) is 0 Å². The minimum absolute atomic E-state index is 0. The second-order valence-electron chi connectivity index (χ2n) is 14.0. The molecular formula is C45H44GeIrN2S-2. The Morgan fingerprint density at radius 2 is 1.68 bits per heavy atom. The van der Waals surface area contributed by atoms with Gasteiger partial charge in [0.05, 0.1) is 0 Å². The van der Waals surface area contributed by atoms with E-state index in [4.69, 9.17) is 6.85 Å². The molecule has 0 N–H and O–H groups in total. The van der Waals surface area contributed by atoms with Crippen molar-refractivity contribution >= 4 is 49.2 Å². The van der Waals surface area contributed by atoms with Crippen molar-refractivity contribution in [3.63, 3.8) is 0 Å². The third-order valence-corrected chi connectivity index (χ3v) is 15.0. The average Bonchev–Trinajstić information content (AvgIpc) is 3.84. The molecule has 0 saturated heterocycles. The third-order valence-electron chi connectivity index (χ3n) is 9.29. The molecule has 8 rings (SSSR count). The van der Waals surface area contributed by atoms with Crippen LogP contribution in [0.1, 0.15) is 49.2 Å². The number of hydrogen-bond acceptors (Lipinski definition) is 3. The number of aromatic nitrogens is 2. The Labute approximate surface area is 325 Å². The first-order valence-corrected chi connectivity index (χ1v) is 25.2. The summed E-state index contributed by atoms with van der Waals surface area (Å²) in [5, 5.41) is 2.44. The first-order chi connectivity index (χ1) is 25.7. The molecule has 50 heavy (non-hydrogen) atoms. The zero-order chi connectivity index (χ0) is 38.3. The van der Waals surface area contributed by atoms with E-state index in [1.807, 2.05) is 30.5 Å². The standard InChI is InChI=1S/C29H24NS.C16H20GeN.Ir/c1-2-9-22(10-3-1)23-13-14-24-25-11-6-12-26(29(25)31-28(24)19-23)27-18-21(15-16-30-27)17-20-7-4-5-8-20;1-12-6-8-14(9-7-12)16-10-13(2)15(11-18-16)17(3,4)5;/h1-3,6,9-11,13-16,18-20H,4-5,7-8,17H2;6-8,10-11H,1-5H3;/q2*-1;/i17D2;1D3;. The molecule has 0 aliphatic heterocycles. The molecule has 3 aromatic heterocycles. The molecule has 1 aliphatic carbocycles. The van der Waals surface area contributed by atoms with Gasteiger partial charge in [-0.3, -0.25) is 0 Å². The molecule has 2 nitrogen and oxygen atoms in total. The number of hydrogen-bond donors (Lipinski definition) is 0. The van der Waals surface area contributed by atoms with E-state index < -0.39 is 26.5 Å². The van der Waals surface area contributed by atoms with Gasteiger partial charge in [-0.15, -0.1) is 23.8 Å². The fourth-order valence-corrected chi connectivity index (χ4v) is 11.6. The van der Waals surface area contributed by atoms with E-state index in [1.54, 1.807) is 29.7 Å².